The predicted molar refractivity (Wildman–Crippen MR) is 44.9 cm³/mol. The van der Waals surface area contributed by atoms with E-state index in [0.29, 0.717) is 0 Å². The van der Waals surface area contributed by atoms with Crippen molar-refractivity contribution >= 4 is 0 Å². The molecular weight excluding hydrogens is 499 g/mol. The monoisotopic (exact) mass is 498 g/mol. The summed E-state index contributed by atoms with van der Waals surface area (Å²) in [5.41, 5.74) is 0. The molecule has 0 fully saturated rings. The molecule has 0 saturated carbocycles. The molecular formula is C8K2N8Pd2. The fourth-order valence-corrected chi connectivity index (χ4v) is 1.12. The van der Waals surface area contributed by atoms with Gasteiger partial charge in [-0.15, -0.1) is 0 Å². The molecule has 20 heavy (non-hydrogen) atoms. The zero-order chi connectivity index (χ0) is 14.7. The van der Waals surface area contributed by atoms with Crippen LogP contribution in [-0.2, 0) is 31.1 Å². The minimum Gasteiger partial charge on any atom is 1.00 e. The van der Waals surface area contributed by atoms with Gasteiger partial charge >= 0.3 is 212 Å². The second kappa shape index (κ2) is 15.9. The SMILES string of the molecule is N#[C][Pd-]([C]#N)([C]#N)[C]#N.N#[C][Pd-]([C]#N)([C]#N)[C]#N.[K+].[K+]. The first-order valence-corrected chi connectivity index (χ1v) is 9.27. The van der Waals surface area contributed by atoms with Crippen LogP contribution >= 0.6 is 0 Å². The number of hydrogen-bond acceptors (Lipinski definition) is 8. The Labute approximate surface area is 207 Å². The summed E-state index contributed by atoms with van der Waals surface area (Å²) in [6.07, 6.45) is 0. The molecule has 0 rings (SSSR count). The van der Waals surface area contributed by atoms with Gasteiger partial charge in [0.05, 0.1) is 0 Å². The fraction of sp³-hybridized carbons (Fsp3) is 0. The Morgan fingerprint density at radius 1 is 0.350 bits per heavy atom. The van der Waals surface area contributed by atoms with Gasteiger partial charge in [0.15, 0.2) is 0 Å². The second-order valence-electron chi connectivity index (χ2n) is 1.51. The van der Waals surface area contributed by atoms with E-state index in [4.69, 9.17) is 42.1 Å². The molecule has 0 radical (unpaired) electrons. The zero-order valence-corrected chi connectivity index (χ0v) is 19.6. The van der Waals surface area contributed by atoms with E-state index < -0.39 is 31.1 Å². The molecule has 94 valence electrons. The van der Waals surface area contributed by atoms with Crippen molar-refractivity contribution in [3.8, 4) is 36.3 Å². The summed E-state index contributed by atoms with van der Waals surface area (Å²) in [5.74, 6) is 0. The Morgan fingerprint density at radius 2 is 0.450 bits per heavy atom. The third-order valence-corrected chi connectivity index (χ3v) is 5.02. The van der Waals surface area contributed by atoms with Crippen LogP contribution in [-0.4, -0.2) is 0 Å². The third-order valence-electron chi connectivity index (χ3n) is 0.849. The van der Waals surface area contributed by atoms with Crippen LogP contribution in [0.3, 0.4) is 0 Å². The molecule has 0 bridgehead atoms. The van der Waals surface area contributed by atoms with Gasteiger partial charge in [-0.1, -0.05) is 0 Å². The summed E-state index contributed by atoms with van der Waals surface area (Å²) in [6.45, 7) is 0. The largest absolute Gasteiger partial charge is 1.00 e. The molecule has 0 unspecified atom stereocenters. The van der Waals surface area contributed by atoms with Crippen LogP contribution < -0.4 is 103 Å². The average molecular weight is 499 g/mol. The molecule has 8 nitrogen and oxygen atoms in total. The molecule has 0 spiro atoms. The fourth-order valence-electron chi connectivity index (χ4n) is 0.190. The maximum Gasteiger partial charge on any atom is 1.00 e. The third kappa shape index (κ3) is 9.45. The molecule has 0 heterocycles. The van der Waals surface area contributed by atoms with Crippen molar-refractivity contribution in [2.24, 2.45) is 0 Å². The Morgan fingerprint density at radius 3 is 0.450 bits per heavy atom. The van der Waals surface area contributed by atoms with Gasteiger partial charge in [-0.05, 0) is 0 Å². The van der Waals surface area contributed by atoms with Gasteiger partial charge in [0, 0.05) is 0 Å². The standard InChI is InChI=1S/8CN.2K.2Pd/c8*1-2;;;;/q;;;;;;;;2*+1;2*-1. The molecule has 12 heteroatoms. The van der Waals surface area contributed by atoms with E-state index >= 15 is 0 Å². The topological polar surface area (TPSA) is 190 Å². The van der Waals surface area contributed by atoms with Gasteiger partial charge in [-0.3, -0.25) is 0 Å². The van der Waals surface area contributed by atoms with Gasteiger partial charge in [-0.25, -0.2) is 0 Å². The molecule has 0 aromatic carbocycles. The Bertz CT molecular complexity index is 480. The van der Waals surface area contributed by atoms with Crippen molar-refractivity contribution in [3.05, 3.63) is 0 Å². The van der Waals surface area contributed by atoms with Gasteiger partial charge in [-0.2, -0.15) is 0 Å². The molecule has 0 N–H and O–H groups in total. The van der Waals surface area contributed by atoms with Crippen molar-refractivity contribution in [1.82, 2.24) is 0 Å². The quantitative estimate of drug-likeness (QED) is 0.294. The van der Waals surface area contributed by atoms with Crippen molar-refractivity contribution in [3.63, 3.8) is 0 Å². The molecule has 0 amide bonds. The van der Waals surface area contributed by atoms with Crippen LogP contribution in [0.1, 0.15) is 0 Å². The number of nitriles is 8. The predicted octanol–water partition coefficient (Wildman–Crippen LogP) is -5.86. The normalized spacial score (nSPS) is 8.40. The number of hydrogen-bond donors (Lipinski definition) is 0. The van der Waals surface area contributed by atoms with E-state index in [1.807, 2.05) is 0 Å². The Balaban J connectivity index is -0.000000116. The molecule has 0 aromatic heterocycles. The van der Waals surface area contributed by atoms with Crippen molar-refractivity contribution in [2.45, 2.75) is 0 Å². The van der Waals surface area contributed by atoms with Gasteiger partial charge in [0.25, 0.3) is 0 Å². The van der Waals surface area contributed by atoms with Gasteiger partial charge in [0.1, 0.15) is 0 Å². The summed E-state index contributed by atoms with van der Waals surface area (Å²) >= 11 is -7.16. The average Bonchev–Trinajstić information content (AvgIpc) is 2.46. The summed E-state index contributed by atoms with van der Waals surface area (Å²) in [4.78, 5) is 0. The van der Waals surface area contributed by atoms with Gasteiger partial charge < -0.3 is 0 Å². The molecule has 0 atom stereocenters. The first-order chi connectivity index (χ1) is 8.49. The Kier molecular flexibility index (Phi) is 22.8. The van der Waals surface area contributed by atoms with Crippen LogP contribution in [0.2, 0.25) is 0 Å². The Hall–Kier alpha value is 0.517. The van der Waals surface area contributed by atoms with E-state index in [2.05, 4.69) is 0 Å². The van der Waals surface area contributed by atoms with Crippen LogP contribution in [0.5, 0.6) is 0 Å². The summed E-state index contributed by atoms with van der Waals surface area (Å²) in [5, 5.41) is 65.0. The summed E-state index contributed by atoms with van der Waals surface area (Å²) in [6, 6.07) is 0. The zero-order valence-electron chi connectivity index (χ0n) is 10.2. The minimum absolute atomic E-state index is 0. The van der Waals surface area contributed by atoms with E-state index in [0.717, 1.165) is 0 Å². The molecule has 0 aromatic rings. The number of rotatable bonds is 0. The van der Waals surface area contributed by atoms with Crippen LogP contribution in [0.15, 0.2) is 0 Å². The van der Waals surface area contributed by atoms with Crippen LogP contribution in [0, 0.1) is 78.4 Å². The molecule has 0 aliphatic rings. The molecule has 0 saturated heterocycles. The summed E-state index contributed by atoms with van der Waals surface area (Å²) < 4.78 is 11.5. The van der Waals surface area contributed by atoms with Gasteiger partial charge in [0.2, 0.25) is 0 Å². The smallest absolute Gasteiger partial charge is 1.00 e. The second-order valence-corrected chi connectivity index (χ2v) is 8.96. The van der Waals surface area contributed by atoms with Crippen LogP contribution in [0.4, 0.5) is 0 Å². The van der Waals surface area contributed by atoms with Crippen LogP contribution in [0.25, 0.3) is 0 Å². The maximum atomic E-state index is 8.13. The van der Waals surface area contributed by atoms with E-state index in [1.54, 1.807) is 0 Å². The summed E-state index contributed by atoms with van der Waals surface area (Å²) in [7, 11) is 0. The molecule has 0 aliphatic heterocycles. The van der Waals surface area contributed by atoms with Crippen molar-refractivity contribution in [2.75, 3.05) is 0 Å². The first-order valence-electron chi connectivity index (χ1n) is 3.05. The van der Waals surface area contributed by atoms with Crippen molar-refractivity contribution in [1.29, 1.82) is 42.1 Å². The maximum absolute atomic E-state index is 8.13. The minimum atomic E-state index is -3.58. The van der Waals surface area contributed by atoms with E-state index in [9.17, 15) is 0 Å². The van der Waals surface area contributed by atoms with Crippen molar-refractivity contribution < 1.29 is 134 Å². The first kappa shape index (κ1) is 28.6. The number of nitrogens with zero attached hydrogens (tertiary/aromatic N) is 8. The molecule has 0 aliphatic carbocycles. The van der Waals surface area contributed by atoms with E-state index in [-0.39, 0.29) is 103 Å². The van der Waals surface area contributed by atoms with E-state index in [1.165, 1.54) is 36.3 Å².